The molecular formula is C15H17ClN4O3. The molecule has 0 spiro atoms. The summed E-state index contributed by atoms with van der Waals surface area (Å²) in [6.45, 7) is 3.43. The SMILES string of the molecule is CCc1c(C(=O)NCC(C)C(=O)O)nnn1-c1cccc(Cl)c1. The van der Waals surface area contributed by atoms with Gasteiger partial charge in [0, 0.05) is 11.6 Å². The molecule has 0 bridgehead atoms. The highest BCUT2D eigenvalue weighted by Crippen LogP contribution is 2.17. The summed E-state index contributed by atoms with van der Waals surface area (Å²) in [5.74, 6) is -2.08. The lowest BCUT2D eigenvalue weighted by molar-refractivity contribution is -0.140. The van der Waals surface area contributed by atoms with Gasteiger partial charge >= 0.3 is 5.97 Å². The molecule has 1 amide bonds. The number of benzene rings is 1. The van der Waals surface area contributed by atoms with Gasteiger partial charge in [-0.05, 0) is 24.6 Å². The summed E-state index contributed by atoms with van der Waals surface area (Å²) in [6.07, 6.45) is 0.538. The number of rotatable bonds is 6. The number of halogens is 1. The number of nitrogens with one attached hydrogen (secondary N) is 1. The molecule has 0 aliphatic rings. The number of aliphatic carboxylic acids is 1. The number of carbonyl (C=O) groups excluding carboxylic acids is 1. The first-order valence-corrected chi connectivity index (χ1v) is 7.53. The van der Waals surface area contributed by atoms with Gasteiger partial charge in [0.25, 0.3) is 5.91 Å². The Morgan fingerprint density at radius 1 is 1.43 bits per heavy atom. The van der Waals surface area contributed by atoms with Gasteiger partial charge in [0.05, 0.1) is 17.3 Å². The molecule has 2 aromatic rings. The lowest BCUT2D eigenvalue weighted by atomic mass is 10.2. The summed E-state index contributed by atoms with van der Waals surface area (Å²) in [5.41, 5.74) is 1.53. The molecule has 0 fully saturated rings. The van der Waals surface area contributed by atoms with Gasteiger partial charge in [-0.3, -0.25) is 9.59 Å². The van der Waals surface area contributed by atoms with Crippen molar-refractivity contribution in [1.29, 1.82) is 0 Å². The Bertz CT molecular complexity index is 729. The van der Waals surface area contributed by atoms with Crippen LogP contribution in [0.2, 0.25) is 5.02 Å². The molecule has 0 aliphatic heterocycles. The molecule has 1 aromatic heterocycles. The van der Waals surface area contributed by atoms with Crippen molar-refractivity contribution >= 4 is 23.5 Å². The van der Waals surface area contributed by atoms with Crippen LogP contribution in [0.5, 0.6) is 0 Å². The van der Waals surface area contributed by atoms with Crippen LogP contribution < -0.4 is 5.32 Å². The monoisotopic (exact) mass is 336 g/mol. The quantitative estimate of drug-likeness (QED) is 0.840. The number of carboxylic acids is 1. The average Bonchev–Trinajstić information content (AvgIpc) is 2.96. The minimum absolute atomic E-state index is 0.0291. The fraction of sp³-hybridized carbons (Fsp3) is 0.333. The lowest BCUT2D eigenvalue weighted by Gasteiger charge is -2.09. The third-order valence-corrected chi connectivity index (χ3v) is 3.59. The van der Waals surface area contributed by atoms with Gasteiger partial charge < -0.3 is 10.4 Å². The van der Waals surface area contributed by atoms with Crippen molar-refractivity contribution in [3.05, 3.63) is 40.7 Å². The van der Waals surface area contributed by atoms with Crippen molar-refractivity contribution in [2.45, 2.75) is 20.3 Å². The van der Waals surface area contributed by atoms with E-state index in [1.807, 2.05) is 13.0 Å². The van der Waals surface area contributed by atoms with Gasteiger partial charge in [0.2, 0.25) is 0 Å². The molecular weight excluding hydrogens is 320 g/mol. The Morgan fingerprint density at radius 3 is 2.78 bits per heavy atom. The zero-order valence-corrected chi connectivity index (χ0v) is 13.5. The predicted octanol–water partition coefficient (Wildman–Crippen LogP) is 1.93. The summed E-state index contributed by atoms with van der Waals surface area (Å²) in [7, 11) is 0. The molecule has 1 aromatic carbocycles. The largest absolute Gasteiger partial charge is 0.481 e. The summed E-state index contributed by atoms with van der Waals surface area (Å²) >= 11 is 5.98. The van der Waals surface area contributed by atoms with Gasteiger partial charge in [0.15, 0.2) is 5.69 Å². The molecule has 8 heteroatoms. The molecule has 2 rings (SSSR count). The minimum atomic E-state index is -0.969. The van der Waals surface area contributed by atoms with Crippen LogP contribution in [0.1, 0.15) is 30.0 Å². The second kappa shape index (κ2) is 7.23. The average molecular weight is 337 g/mol. The van der Waals surface area contributed by atoms with Crippen LogP contribution in [0.25, 0.3) is 5.69 Å². The van der Waals surface area contributed by atoms with Crippen molar-refractivity contribution in [1.82, 2.24) is 20.3 Å². The van der Waals surface area contributed by atoms with Gasteiger partial charge in [-0.15, -0.1) is 5.10 Å². The maximum atomic E-state index is 12.2. The fourth-order valence-electron chi connectivity index (χ4n) is 2.03. The van der Waals surface area contributed by atoms with Crippen LogP contribution >= 0.6 is 11.6 Å². The van der Waals surface area contributed by atoms with Crippen molar-refractivity contribution in [3.63, 3.8) is 0 Å². The van der Waals surface area contributed by atoms with E-state index >= 15 is 0 Å². The number of hydrogen-bond acceptors (Lipinski definition) is 4. The summed E-state index contributed by atoms with van der Waals surface area (Å²) in [4.78, 5) is 23.0. The van der Waals surface area contributed by atoms with E-state index in [1.165, 1.54) is 6.92 Å². The van der Waals surface area contributed by atoms with Gasteiger partial charge in [-0.2, -0.15) is 0 Å². The van der Waals surface area contributed by atoms with Crippen LogP contribution in [0.3, 0.4) is 0 Å². The summed E-state index contributed by atoms with van der Waals surface area (Å²) in [6, 6.07) is 7.07. The highest BCUT2D eigenvalue weighted by Gasteiger charge is 2.20. The topological polar surface area (TPSA) is 97.1 Å². The standard InChI is InChI=1S/C15H17ClN4O3/c1-3-12-13(14(21)17-8-9(2)15(22)23)18-19-20(12)11-6-4-5-10(16)7-11/h4-7,9H,3,8H2,1-2H3,(H,17,21)(H,22,23). The number of hydrogen-bond donors (Lipinski definition) is 2. The van der Waals surface area contributed by atoms with E-state index in [1.54, 1.807) is 22.9 Å². The highest BCUT2D eigenvalue weighted by molar-refractivity contribution is 6.30. The third kappa shape index (κ3) is 3.87. The molecule has 23 heavy (non-hydrogen) atoms. The Hall–Kier alpha value is -2.41. The highest BCUT2D eigenvalue weighted by atomic mass is 35.5. The van der Waals surface area contributed by atoms with E-state index in [0.717, 1.165) is 0 Å². The number of aromatic nitrogens is 3. The van der Waals surface area contributed by atoms with Crippen molar-refractivity contribution in [2.24, 2.45) is 5.92 Å². The maximum absolute atomic E-state index is 12.2. The van der Waals surface area contributed by atoms with Crippen molar-refractivity contribution < 1.29 is 14.7 Å². The van der Waals surface area contributed by atoms with E-state index in [0.29, 0.717) is 22.8 Å². The van der Waals surface area contributed by atoms with E-state index in [4.69, 9.17) is 16.7 Å². The number of amides is 1. The van der Waals surface area contributed by atoms with Crippen LogP contribution in [0.4, 0.5) is 0 Å². The maximum Gasteiger partial charge on any atom is 0.308 e. The van der Waals surface area contributed by atoms with Crippen molar-refractivity contribution in [3.8, 4) is 5.69 Å². The molecule has 1 atom stereocenters. The lowest BCUT2D eigenvalue weighted by Crippen LogP contribution is -2.32. The molecule has 1 heterocycles. The zero-order chi connectivity index (χ0) is 17.0. The van der Waals surface area contributed by atoms with Crippen LogP contribution in [-0.4, -0.2) is 38.5 Å². The number of carbonyl (C=O) groups is 2. The smallest absolute Gasteiger partial charge is 0.308 e. The van der Waals surface area contributed by atoms with Crippen molar-refractivity contribution in [2.75, 3.05) is 6.54 Å². The number of nitrogens with zero attached hydrogens (tertiary/aromatic N) is 3. The summed E-state index contributed by atoms with van der Waals surface area (Å²) < 4.78 is 1.56. The van der Waals surface area contributed by atoms with Crippen LogP contribution in [-0.2, 0) is 11.2 Å². The summed E-state index contributed by atoms with van der Waals surface area (Å²) in [5, 5.41) is 19.9. The van der Waals surface area contributed by atoms with E-state index in [2.05, 4.69) is 15.6 Å². The van der Waals surface area contributed by atoms with Crippen LogP contribution in [0.15, 0.2) is 24.3 Å². The first-order chi connectivity index (χ1) is 10.9. The molecule has 2 N–H and O–H groups in total. The molecule has 0 aliphatic carbocycles. The molecule has 0 saturated carbocycles. The Labute approximate surface area is 138 Å². The molecule has 7 nitrogen and oxygen atoms in total. The Kier molecular flexibility index (Phi) is 5.33. The van der Waals surface area contributed by atoms with Crippen LogP contribution in [0, 0.1) is 5.92 Å². The van der Waals surface area contributed by atoms with E-state index in [-0.39, 0.29) is 12.2 Å². The first kappa shape index (κ1) is 17.0. The van der Waals surface area contributed by atoms with E-state index < -0.39 is 17.8 Å². The molecule has 1 unspecified atom stereocenters. The second-order valence-corrected chi connectivity index (χ2v) is 5.52. The first-order valence-electron chi connectivity index (χ1n) is 7.15. The predicted molar refractivity (Wildman–Crippen MR) is 84.9 cm³/mol. The molecule has 0 radical (unpaired) electrons. The molecule has 122 valence electrons. The molecule has 0 saturated heterocycles. The van der Waals surface area contributed by atoms with Gasteiger partial charge in [0.1, 0.15) is 0 Å². The number of carboxylic acid groups (broad SMARTS) is 1. The zero-order valence-electron chi connectivity index (χ0n) is 12.8. The van der Waals surface area contributed by atoms with E-state index in [9.17, 15) is 9.59 Å². The van der Waals surface area contributed by atoms with Gasteiger partial charge in [-0.25, -0.2) is 4.68 Å². The normalized spacial score (nSPS) is 12.0. The second-order valence-electron chi connectivity index (χ2n) is 5.08. The Balaban J connectivity index is 2.24. The Morgan fingerprint density at radius 2 is 2.17 bits per heavy atom. The fourth-order valence-corrected chi connectivity index (χ4v) is 2.21. The minimum Gasteiger partial charge on any atom is -0.481 e. The third-order valence-electron chi connectivity index (χ3n) is 3.36. The van der Waals surface area contributed by atoms with Gasteiger partial charge in [-0.1, -0.05) is 36.7 Å².